The Morgan fingerprint density at radius 1 is 0.955 bits per heavy atom. The number of rotatable bonds is 10. The fourth-order valence-corrected chi connectivity index (χ4v) is 4.60. The number of esters is 2. The summed E-state index contributed by atoms with van der Waals surface area (Å²) in [7, 11) is 0. The Kier molecular flexibility index (Phi) is 9.23. The summed E-state index contributed by atoms with van der Waals surface area (Å²) < 4.78 is 31.9. The van der Waals surface area contributed by atoms with Crippen LogP contribution in [-0.2, 0) is 25.6 Å². The van der Waals surface area contributed by atoms with Gasteiger partial charge in [0, 0.05) is 37.4 Å². The summed E-state index contributed by atoms with van der Waals surface area (Å²) in [5.74, 6) is -4.93. The lowest BCUT2D eigenvalue weighted by atomic mass is 10.1. The van der Waals surface area contributed by atoms with E-state index in [0.717, 1.165) is 62.2 Å². The van der Waals surface area contributed by atoms with Gasteiger partial charge in [-0.05, 0) is 50.0 Å². The summed E-state index contributed by atoms with van der Waals surface area (Å²) in [6, 6.07) is 9.39. The first kappa shape index (κ1) is 30.3. The zero-order valence-corrected chi connectivity index (χ0v) is 23.8. The van der Waals surface area contributed by atoms with Gasteiger partial charge in [-0.25, -0.2) is 19.2 Å². The molecule has 4 aromatic rings. The van der Waals surface area contributed by atoms with E-state index in [9.17, 15) is 24.0 Å². The third kappa shape index (κ3) is 7.80. The van der Waals surface area contributed by atoms with Gasteiger partial charge in [0.15, 0.2) is 0 Å². The molecule has 0 aliphatic carbocycles. The number of hydrogen-bond donors (Lipinski definition) is 1. The van der Waals surface area contributed by atoms with Crippen LogP contribution >= 0.6 is 0 Å². The number of hydrogen-bond acceptors (Lipinski definition) is 14. The number of likely N-dealkylation sites (tertiary alicyclic amines) is 1. The minimum Gasteiger partial charge on any atom is -0.494 e. The second-order valence-corrected chi connectivity index (χ2v) is 10.1. The molecule has 2 aliphatic rings. The number of nitrogens with one attached hydrogen (secondary N) is 1. The highest BCUT2D eigenvalue weighted by molar-refractivity contribution is 5.93. The number of cyclic esters (lactones) is 2. The second-order valence-electron chi connectivity index (χ2n) is 10.1. The average Bonchev–Trinajstić information content (AvgIpc) is 3.12. The largest absolute Gasteiger partial charge is 0.494 e. The average molecular weight is 611 g/mol. The molecule has 232 valence electrons. The molecule has 3 aromatic heterocycles. The molecule has 1 fully saturated rings. The molecule has 6 rings (SSSR count). The van der Waals surface area contributed by atoms with Gasteiger partial charge in [-0.15, -0.1) is 0 Å². The van der Waals surface area contributed by atoms with Gasteiger partial charge in [-0.2, -0.15) is 4.98 Å². The van der Waals surface area contributed by atoms with Crippen molar-refractivity contribution in [1.29, 1.82) is 0 Å². The van der Waals surface area contributed by atoms with E-state index >= 15 is 0 Å². The van der Waals surface area contributed by atoms with E-state index in [1.165, 1.54) is 19.3 Å². The molecular weight excluding hydrogens is 580 g/mol. The van der Waals surface area contributed by atoms with Gasteiger partial charge in [-0.3, -0.25) is 9.69 Å². The molecule has 1 aromatic carbocycles. The molecule has 0 amide bonds. The number of benzene rings is 1. The van der Waals surface area contributed by atoms with Crippen molar-refractivity contribution < 1.29 is 37.5 Å². The molecule has 2 bridgehead atoms. The van der Waals surface area contributed by atoms with Crippen molar-refractivity contribution in [1.82, 2.24) is 14.5 Å². The van der Waals surface area contributed by atoms with Gasteiger partial charge in [0.25, 0.3) is 11.5 Å². The van der Waals surface area contributed by atoms with Crippen LogP contribution in [-0.4, -0.2) is 58.6 Å². The standard InChI is InChI=1S/C29H30N4O11/c1-29(41-22(35)10-11-23(36)42-29)43-25-26-31-28(33(27(25)38)44-24(37)12-9-21(34)40-26)30-13-6-16-39-20-8-5-7-19(17-20)18-32-14-3-2-4-15-32/h5,7-12,17H,2-4,6,13-16,18H2,1H3,(H,30,31). The van der Waals surface area contributed by atoms with Gasteiger partial charge in [0.2, 0.25) is 5.95 Å². The zero-order chi connectivity index (χ0) is 31.1. The van der Waals surface area contributed by atoms with Gasteiger partial charge in [0.05, 0.1) is 13.5 Å². The lowest BCUT2D eigenvalue weighted by Gasteiger charge is -2.26. The molecule has 0 unspecified atom stereocenters. The molecule has 2 aliphatic heterocycles. The maximum atomic E-state index is 13.4. The van der Waals surface area contributed by atoms with Gasteiger partial charge in [0.1, 0.15) is 5.75 Å². The number of piperidine rings is 1. The molecule has 5 heterocycles. The Morgan fingerprint density at radius 2 is 1.68 bits per heavy atom. The number of carbonyl (C=O) groups excluding carboxylic acids is 2. The third-order valence-corrected chi connectivity index (χ3v) is 6.55. The second kappa shape index (κ2) is 13.4. The Hall–Kier alpha value is -5.18. The normalized spacial score (nSPS) is 16.5. The lowest BCUT2D eigenvalue weighted by Crippen LogP contribution is -2.42. The maximum absolute atomic E-state index is 13.4. The molecule has 0 radical (unpaired) electrons. The molecule has 44 heavy (non-hydrogen) atoms. The van der Waals surface area contributed by atoms with Crippen LogP contribution < -0.4 is 31.6 Å². The fourth-order valence-electron chi connectivity index (χ4n) is 4.60. The number of ether oxygens (including phenoxy) is 4. The van der Waals surface area contributed by atoms with E-state index < -0.39 is 46.2 Å². The van der Waals surface area contributed by atoms with Crippen molar-refractivity contribution in [2.45, 2.75) is 45.1 Å². The SMILES string of the molecule is CC1(Oc2c(=O)n3oc(=O)ccc(=O)oc2nc3NCCCOc2cccc(CN3CCCCC3)c2)OC(=O)C=CC(=O)O1. The van der Waals surface area contributed by atoms with Gasteiger partial charge >= 0.3 is 34.7 Å². The number of anilines is 1. The highest BCUT2D eigenvalue weighted by Gasteiger charge is 2.39. The third-order valence-electron chi connectivity index (χ3n) is 6.55. The lowest BCUT2D eigenvalue weighted by molar-refractivity contribution is -0.293. The Balaban J connectivity index is 1.32. The van der Waals surface area contributed by atoms with Crippen LogP contribution in [0.2, 0.25) is 0 Å². The van der Waals surface area contributed by atoms with Crippen LogP contribution in [0.5, 0.6) is 11.5 Å². The van der Waals surface area contributed by atoms with Crippen molar-refractivity contribution in [2.24, 2.45) is 0 Å². The Bertz CT molecular complexity index is 1750. The summed E-state index contributed by atoms with van der Waals surface area (Å²) in [4.78, 5) is 68.3. The molecular formula is C29H30N4O11. The highest BCUT2D eigenvalue weighted by Crippen LogP contribution is 2.24. The first-order chi connectivity index (χ1) is 21.2. The van der Waals surface area contributed by atoms with Crippen LogP contribution in [0.15, 0.2) is 71.9 Å². The van der Waals surface area contributed by atoms with Crippen LogP contribution in [0.4, 0.5) is 5.95 Å². The predicted octanol–water partition coefficient (Wildman–Crippen LogP) is 1.74. The first-order valence-electron chi connectivity index (χ1n) is 14.0. The highest BCUT2D eigenvalue weighted by atomic mass is 16.9. The Labute approximate surface area is 249 Å². The quantitative estimate of drug-likeness (QED) is 0.259. The van der Waals surface area contributed by atoms with E-state index in [2.05, 4.69) is 21.3 Å². The van der Waals surface area contributed by atoms with E-state index in [-0.39, 0.29) is 12.5 Å². The molecule has 1 N–H and O–H groups in total. The molecule has 0 spiro atoms. The topological polar surface area (TPSA) is 181 Å². The van der Waals surface area contributed by atoms with Crippen molar-refractivity contribution in [3.8, 4) is 11.5 Å². The van der Waals surface area contributed by atoms with Crippen molar-refractivity contribution in [2.75, 3.05) is 31.6 Å². The molecule has 0 saturated carbocycles. The minimum absolute atomic E-state index is 0.194. The fraction of sp³-hybridized carbons (Fsp3) is 0.379. The number of fused-ring (bicyclic) bond motifs is 7. The summed E-state index contributed by atoms with van der Waals surface area (Å²) >= 11 is 0. The van der Waals surface area contributed by atoms with Gasteiger partial charge in [-0.1, -0.05) is 23.1 Å². The van der Waals surface area contributed by atoms with Gasteiger partial charge < -0.3 is 33.2 Å². The monoisotopic (exact) mass is 610 g/mol. The van der Waals surface area contributed by atoms with Crippen molar-refractivity contribution in [3.05, 3.63) is 85.3 Å². The number of aromatic nitrogens is 2. The minimum atomic E-state index is -2.46. The summed E-state index contributed by atoms with van der Waals surface area (Å²) in [5, 5.41) is 2.85. The van der Waals surface area contributed by atoms with Crippen molar-refractivity contribution >= 4 is 23.6 Å². The van der Waals surface area contributed by atoms with E-state index in [1.54, 1.807) is 0 Å². The predicted molar refractivity (Wildman–Crippen MR) is 152 cm³/mol. The Morgan fingerprint density at radius 3 is 2.43 bits per heavy atom. The van der Waals surface area contributed by atoms with Crippen LogP contribution in [0, 0.1) is 0 Å². The number of nitrogens with zero attached hydrogens (tertiary/aromatic N) is 3. The summed E-state index contributed by atoms with van der Waals surface area (Å²) in [6.07, 6.45) is 5.72. The van der Waals surface area contributed by atoms with Crippen LogP contribution in [0.1, 0.15) is 38.2 Å². The van der Waals surface area contributed by atoms with Crippen LogP contribution in [0.25, 0.3) is 5.71 Å². The van der Waals surface area contributed by atoms with Crippen LogP contribution in [0.3, 0.4) is 0 Å². The summed E-state index contributed by atoms with van der Waals surface area (Å²) in [6.45, 7) is 4.57. The smallest absolute Gasteiger partial charge is 0.419 e. The first-order valence-corrected chi connectivity index (χ1v) is 14.0. The van der Waals surface area contributed by atoms with Crippen molar-refractivity contribution in [3.63, 3.8) is 0 Å². The van der Waals surface area contributed by atoms with E-state index in [4.69, 9.17) is 27.9 Å². The molecule has 15 heteroatoms. The molecule has 0 atom stereocenters. The molecule has 1 saturated heterocycles. The zero-order valence-electron chi connectivity index (χ0n) is 23.8. The summed E-state index contributed by atoms with van der Waals surface area (Å²) in [5.41, 5.74) is -2.89. The molecule has 15 nitrogen and oxygen atoms in total. The van der Waals surface area contributed by atoms with E-state index in [0.29, 0.717) is 17.6 Å². The number of carbonyl (C=O) groups is 2. The van der Waals surface area contributed by atoms with E-state index in [1.807, 2.05) is 18.2 Å². The maximum Gasteiger partial charge on any atom is 0.419 e.